The molecule has 0 aromatic heterocycles. The lowest BCUT2D eigenvalue weighted by Crippen LogP contribution is -2.15. The molecule has 4 nitrogen and oxygen atoms in total. The molecular weight excluding hydrogens is 314 g/mol. The Labute approximate surface area is 140 Å². The zero-order chi connectivity index (χ0) is 17.4. The van der Waals surface area contributed by atoms with Gasteiger partial charge in [-0.1, -0.05) is 32.4 Å². The van der Waals surface area contributed by atoms with Crippen molar-refractivity contribution in [2.24, 2.45) is 0 Å². The van der Waals surface area contributed by atoms with Crippen molar-refractivity contribution in [1.29, 1.82) is 0 Å². The highest BCUT2D eigenvalue weighted by Crippen LogP contribution is 2.39. The number of aromatic carboxylic acids is 1. The van der Waals surface area contributed by atoms with Gasteiger partial charge in [-0.25, -0.2) is 4.79 Å². The van der Waals surface area contributed by atoms with Crippen LogP contribution in [0.3, 0.4) is 0 Å². The van der Waals surface area contributed by atoms with Gasteiger partial charge >= 0.3 is 5.97 Å². The second-order valence-electron chi connectivity index (χ2n) is 6.51. The highest BCUT2D eigenvalue weighted by Gasteiger charge is 2.26. The van der Waals surface area contributed by atoms with Crippen LogP contribution in [0, 0.1) is 6.92 Å². The Morgan fingerprint density at radius 3 is 2.22 bits per heavy atom. The molecule has 0 atom stereocenters. The Balaban J connectivity index is 2.61. The molecule has 0 unspecified atom stereocenters. The van der Waals surface area contributed by atoms with E-state index in [0.29, 0.717) is 21.8 Å². The molecule has 0 aliphatic heterocycles. The van der Waals surface area contributed by atoms with Gasteiger partial charge < -0.3 is 15.5 Å². The number of phenols is 1. The molecule has 3 N–H and O–H groups in total. The van der Waals surface area contributed by atoms with Crippen molar-refractivity contribution in [3.8, 4) is 5.75 Å². The summed E-state index contributed by atoms with van der Waals surface area (Å²) in [6, 6.07) is 8.92. The van der Waals surface area contributed by atoms with Crippen molar-refractivity contribution < 1.29 is 15.0 Å². The summed E-state index contributed by atoms with van der Waals surface area (Å²) in [5, 5.41) is 23.7. The maximum absolute atomic E-state index is 11.6. The summed E-state index contributed by atoms with van der Waals surface area (Å²) in [5.74, 6) is -1.32. The molecule has 5 heteroatoms. The van der Waals surface area contributed by atoms with Gasteiger partial charge in [0.2, 0.25) is 0 Å². The maximum atomic E-state index is 11.6. The lowest BCUT2D eigenvalue weighted by atomic mass is 9.83. The van der Waals surface area contributed by atoms with Gasteiger partial charge in [0.05, 0.1) is 0 Å². The van der Waals surface area contributed by atoms with Gasteiger partial charge in [-0.15, -0.1) is 0 Å². The average Bonchev–Trinajstić information content (AvgIpc) is 2.42. The van der Waals surface area contributed by atoms with Crippen LogP contribution in [-0.2, 0) is 5.41 Å². The third-order valence-corrected chi connectivity index (χ3v) is 3.96. The van der Waals surface area contributed by atoms with Crippen LogP contribution in [0.1, 0.15) is 42.3 Å². The van der Waals surface area contributed by atoms with Gasteiger partial charge in [0.25, 0.3) is 0 Å². The van der Waals surface area contributed by atoms with Crippen LogP contribution in [0.15, 0.2) is 30.3 Å². The number of carbonyl (C=O) groups is 1. The van der Waals surface area contributed by atoms with Gasteiger partial charge in [-0.3, -0.25) is 0 Å². The van der Waals surface area contributed by atoms with E-state index in [1.54, 1.807) is 25.1 Å². The van der Waals surface area contributed by atoms with Crippen LogP contribution < -0.4 is 5.32 Å². The summed E-state index contributed by atoms with van der Waals surface area (Å²) in [7, 11) is 0. The molecule has 23 heavy (non-hydrogen) atoms. The van der Waals surface area contributed by atoms with E-state index in [9.17, 15) is 15.0 Å². The topological polar surface area (TPSA) is 69.6 Å². The third-order valence-electron chi connectivity index (χ3n) is 3.70. The number of benzene rings is 2. The summed E-state index contributed by atoms with van der Waals surface area (Å²) >= 11 is 5.88. The summed E-state index contributed by atoms with van der Waals surface area (Å²) in [6.07, 6.45) is 0. The number of carboxylic acids is 1. The molecule has 0 saturated carbocycles. The largest absolute Gasteiger partial charge is 0.507 e. The summed E-state index contributed by atoms with van der Waals surface area (Å²) < 4.78 is 0. The van der Waals surface area contributed by atoms with E-state index in [4.69, 9.17) is 11.6 Å². The van der Waals surface area contributed by atoms with Gasteiger partial charge in [0, 0.05) is 22.0 Å². The lowest BCUT2D eigenvalue weighted by Gasteiger charge is -2.24. The standard InChI is InChI=1S/C18H20ClNO3/c1-10-14(20-12-7-5-11(19)6-8-12)9-13(18(2,3)4)16(21)15(10)17(22)23/h5-9,20-21H,1-4H3,(H,22,23). The van der Waals surface area contributed by atoms with Crippen molar-refractivity contribution in [1.82, 2.24) is 0 Å². The first-order valence-electron chi connectivity index (χ1n) is 7.24. The zero-order valence-electron chi connectivity index (χ0n) is 13.6. The molecule has 0 heterocycles. The van der Waals surface area contributed by atoms with E-state index in [1.165, 1.54) is 0 Å². The second kappa shape index (κ2) is 6.13. The molecule has 0 spiro atoms. The van der Waals surface area contributed by atoms with E-state index in [1.807, 2.05) is 32.9 Å². The molecule has 122 valence electrons. The summed E-state index contributed by atoms with van der Waals surface area (Å²) in [5.41, 5.74) is 2.04. The van der Waals surface area contributed by atoms with E-state index in [2.05, 4.69) is 5.32 Å². The van der Waals surface area contributed by atoms with Crippen LogP contribution in [-0.4, -0.2) is 16.2 Å². The van der Waals surface area contributed by atoms with Gasteiger partial charge in [0.15, 0.2) is 0 Å². The first-order chi connectivity index (χ1) is 10.6. The van der Waals surface area contributed by atoms with Crippen LogP contribution in [0.2, 0.25) is 5.02 Å². The molecule has 2 rings (SSSR count). The normalized spacial score (nSPS) is 11.3. The molecule has 2 aromatic carbocycles. The fraction of sp³-hybridized carbons (Fsp3) is 0.278. The van der Waals surface area contributed by atoms with E-state index in [-0.39, 0.29) is 11.3 Å². The van der Waals surface area contributed by atoms with Crippen LogP contribution in [0.25, 0.3) is 0 Å². The van der Waals surface area contributed by atoms with Gasteiger partial charge in [0.1, 0.15) is 11.3 Å². The number of halogens is 1. The number of carboxylic acid groups (broad SMARTS) is 1. The SMILES string of the molecule is Cc1c(Nc2ccc(Cl)cc2)cc(C(C)(C)C)c(O)c1C(=O)O. The van der Waals surface area contributed by atoms with Gasteiger partial charge in [-0.2, -0.15) is 0 Å². The van der Waals surface area contributed by atoms with Crippen molar-refractivity contribution in [2.45, 2.75) is 33.1 Å². The molecule has 0 aliphatic carbocycles. The molecule has 0 fully saturated rings. The average molecular weight is 334 g/mol. The first-order valence-corrected chi connectivity index (χ1v) is 7.62. The molecule has 0 amide bonds. The number of anilines is 2. The molecular formula is C18H20ClNO3. The molecule has 0 radical (unpaired) electrons. The minimum absolute atomic E-state index is 0.0751. The smallest absolute Gasteiger partial charge is 0.339 e. The highest BCUT2D eigenvalue weighted by atomic mass is 35.5. The van der Waals surface area contributed by atoms with Crippen molar-refractivity contribution in [3.05, 3.63) is 52.0 Å². The quantitative estimate of drug-likeness (QED) is 0.684. The number of rotatable bonds is 3. The third kappa shape index (κ3) is 3.59. The summed E-state index contributed by atoms with van der Waals surface area (Å²) in [6.45, 7) is 7.45. The Bertz CT molecular complexity index is 746. The monoisotopic (exact) mass is 333 g/mol. The molecule has 2 aromatic rings. The Morgan fingerprint density at radius 1 is 1.17 bits per heavy atom. The van der Waals surface area contributed by atoms with Crippen LogP contribution >= 0.6 is 11.6 Å². The Morgan fingerprint density at radius 2 is 1.74 bits per heavy atom. The fourth-order valence-electron chi connectivity index (χ4n) is 2.42. The van der Waals surface area contributed by atoms with Crippen molar-refractivity contribution in [2.75, 3.05) is 5.32 Å². The van der Waals surface area contributed by atoms with Gasteiger partial charge in [-0.05, 0) is 48.2 Å². The van der Waals surface area contributed by atoms with Crippen LogP contribution in [0.4, 0.5) is 11.4 Å². The first kappa shape index (κ1) is 17.2. The predicted octanol–water partition coefficient (Wildman–Crippen LogP) is 5.09. The second-order valence-corrected chi connectivity index (χ2v) is 6.94. The van der Waals surface area contributed by atoms with Crippen molar-refractivity contribution in [3.63, 3.8) is 0 Å². The zero-order valence-corrected chi connectivity index (χ0v) is 14.3. The predicted molar refractivity (Wildman–Crippen MR) is 93.2 cm³/mol. The molecule has 0 aliphatic rings. The van der Waals surface area contributed by atoms with E-state index in [0.717, 1.165) is 5.69 Å². The van der Waals surface area contributed by atoms with Crippen LogP contribution in [0.5, 0.6) is 5.75 Å². The number of nitrogens with one attached hydrogen (secondary N) is 1. The van der Waals surface area contributed by atoms with Crippen molar-refractivity contribution >= 4 is 28.9 Å². The highest BCUT2D eigenvalue weighted by molar-refractivity contribution is 6.30. The maximum Gasteiger partial charge on any atom is 0.339 e. The minimum Gasteiger partial charge on any atom is -0.507 e. The van der Waals surface area contributed by atoms with E-state index >= 15 is 0 Å². The minimum atomic E-state index is -1.15. The number of hydrogen-bond acceptors (Lipinski definition) is 3. The summed E-state index contributed by atoms with van der Waals surface area (Å²) in [4.78, 5) is 11.6. The molecule has 0 bridgehead atoms. The fourth-order valence-corrected chi connectivity index (χ4v) is 2.55. The number of aromatic hydroxyl groups is 1. The van der Waals surface area contributed by atoms with E-state index < -0.39 is 11.4 Å². The molecule has 0 saturated heterocycles. The Kier molecular flexibility index (Phi) is 4.57. The number of hydrogen-bond donors (Lipinski definition) is 3. The lowest BCUT2D eigenvalue weighted by molar-refractivity contribution is 0.0692. The Hall–Kier alpha value is -2.20.